The van der Waals surface area contributed by atoms with E-state index in [0.717, 1.165) is 42.7 Å². The first-order chi connectivity index (χ1) is 14.6. The molecule has 3 saturated heterocycles. The standard InChI is InChI=1S/C23H29N3O4/c1-29-20-6-4-5-18-17(20)13-19(24-18)21(27)26-11-7-23(8-12-26)14-16(30-22(23)28)15-25-9-2-3-10-25/h4-6,13,16,24H,2-3,7-12,14-15H2,1H3. The lowest BCUT2D eigenvalue weighted by molar-refractivity contribution is -0.150. The maximum atomic E-state index is 13.1. The highest BCUT2D eigenvalue weighted by atomic mass is 16.6. The molecule has 0 aliphatic carbocycles. The largest absolute Gasteiger partial charge is 0.496 e. The highest BCUT2D eigenvalue weighted by Gasteiger charge is 2.51. The number of carbonyl (C=O) groups excluding carboxylic acids is 2. The van der Waals surface area contributed by atoms with E-state index in [1.165, 1.54) is 12.8 Å². The first-order valence-electron chi connectivity index (χ1n) is 11.0. The van der Waals surface area contributed by atoms with Crippen LogP contribution in [0.25, 0.3) is 10.9 Å². The number of H-pyrrole nitrogens is 1. The summed E-state index contributed by atoms with van der Waals surface area (Å²) in [5.74, 6) is 0.662. The topological polar surface area (TPSA) is 74.9 Å². The summed E-state index contributed by atoms with van der Waals surface area (Å²) in [7, 11) is 1.63. The Labute approximate surface area is 176 Å². The van der Waals surface area contributed by atoms with Gasteiger partial charge in [-0.05, 0) is 57.0 Å². The van der Waals surface area contributed by atoms with E-state index in [0.29, 0.717) is 31.6 Å². The number of hydrogen-bond acceptors (Lipinski definition) is 5. The van der Waals surface area contributed by atoms with Crippen molar-refractivity contribution >= 4 is 22.8 Å². The fraction of sp³-hybridized carbons (Fsp3) is 0.565. The van der Waals surface area contributed by atoms with Gasteiger partial charge in [-0.3, -0.25) is 14.5 Å². The Morgan fingerprint density at radius 2 is 2.00 bits per heavy atom. The molecule has 30 heavy (non-hydrogen) atoms. The van der Waals surface area contributed by atoms with Gasteiger partial charge in [0.25, 0.3) is 5.91 Å². The highest BCUT2D eigenvalue weighted by Crippen LogP contribution is 2.43. The zero-order valence-corrected chi connectivity index (χ0v) is 17.5. The molecule has 1 aromatic heterocycles. The predicted octanol–water partition coefficient (Wildman–Crippen LogP) is 2.81. The molecular weight excluding hydrogens is 382 g/mol. The van der Waals surface area contributed by atoms with Crippen molar-refractivity contribution in [3.63, 3.8) is 0 Å². The lowest BCUT2D eigenvalue weighted by Gasteiger charge is -2.36. The number of cyclic esters (lactones) is 1. The summed E-state index contributed by atoms with van der Waals surface area (Å²) < 4.78 is 11.2. The number of rotatable bonds is 4. The number of benzene rings is 1. The molecule has 0 bridgehead atoms. The van der Waals surface area contributed by atoms with Crippen LogP contribution < -0.4 is 4.74 Å². The number of aromatic nitrogens is 1. The minimum Gasteiger partial charge on any atom is -0.496 e. The van der Waals surface area contributed by atoms with Crippen molar-refractivity contribution in [3.8, 4) is 5.75 Å². The van der Waals surface area contributed by atoms with Crippen molar-refractivity contribution in [1.82, 2.24) is 14.8 Å². The van der Waals surface area contributed by atoms with Gasteiger partial charge in [0.15, 0.2) is 0 Å². The Balaban J connectivity index is 1.24. The number of likely N-dealkylation sites (tertiary alicyclic amines) is 2. The third-order valence-corrected chi connectivity index (χ3v) is 7.07. The molecule has 7 nitrogen and oxygen atoms in total. The quantitative estimate of drug-likeness (QED) is 0.783. The van der Waals surface area contributed by atoms with Gasteiger partial charge in [-0.15, -0.1) is 0 Å². The highest BCUT2D eigenvalue weighted by molar-refractivity contribution is 5.99. The van der Waals surface area contributed by atoms with E-state index >= 15 is 0 Å². The number of nitrogens with one attached hydrogen (secondary N) is 1. The van der Waals surface area contributed by atoms with Gasteiger partial charge in [0.05, 0.1) is 12.5 Å². The molecule has 1 amide bonds. The van der Waals surface area contributed by atoms with Crippen molar-refractivity contribution in [2.45, 2.75) is 38.2 Å². The molecule has 5 rings (SSSR count). The van der Waals surface area contributed by atoms with Crippen molar-refractivity contribution in [1.29, 1.82) is 0 Å². The minimum absolute atomic E-state index is 0.000905. The van der Waals surface area contributed by atoms with Gasteiger partial charge in [-0.25, -0.2) is 0 Å². The summed E-state index contributed by atoms with van der Waals surface area (Å²) in [5, 5.41) is 0.904. The number of methoxy groups -OCH3 is 1. The number of hydrogen-bond donors (Lipinski definition) is 1. The van der Waals surface area contributed by atoms with Crippen LogP contribution >= 0.6 is 0 Å². The maximum Gasteiger partial charge on any atom is 0.312 e. The zero-order chi connectivity index (χ0) is 20.7. The van der Waals surface area contributed by atoms with Gasteiger partial charge < -0.3 is 19.4 Å². The summed E-state index contributed by atoms with van der Waals surface area (Å²) in [6.45, 7) is 4.23. The number of fused-ring (bicyclic) bond motifs is 1. The molecule has 3 aliphatic heterocycles. The van der Waals surface area contributed by atoms with Gasteiger partial charge >= 0.3 is 5.97 Å². The van der Waals surface area contributed by atoms with Crippen LogP contribution in [0.5, 0.6) is 5.75 Å². The van der Waals surface area contributed by atoms with E-state index in [2.05, 4.69) is 9.88 Å². The molecule has 3 fully saturated rings. The molecule has 1 aromatic carbocycles. The summed E-state index contributed by atoms with van der Waals surface area (Å²) in [4.78, 5) is 33.3. The molecule has 3 aliphatic rings. The van der Waals surface area contributed by atoms with Crippen molar-refractivity contribution < 1.29 is 19.1 Å². The van der Waals surface area contributed by atoms with Crippen LogP contribution in [0.2, 0.25) is 0 Å². The molecule has 1 spiro atoms. The second kappa shape index (κ2) is 7.61. The third kappa shape index (κ3) is 3.35. The number of esters is 1. The van der Waals surface area contributed by atoms with Crippen LogP contribution in [0.4, 0.5) is 0 Å². The Bertz CT molecular complexity index is 955. The van der Waals surface area contributed by atoms with Crippen molar-refractivity contribution in [2.24, 2.45) is 5.41 Å². The SMILES string of the molecule is COc1cccc2[nH]c(C(=O)N3CCC4(CC3)CC(CN3CCCC3)OC4=O)cc12. The lowest BCUT2D eigenvalue weighted by Crippen LogP contribution is -2.45. The molecule has 0 radical (unpaired) electrons. The number of aromatic amines is 1. The first kappa shape index (κ1) is 19.4. The monoisotopic (exact) mass is 411 g/mol. The van der Waals surface area contributed by atoms with Gasteiger partial charge in [0.2, 0.25) is 0 Å². The summed E-state index contributed by atoms with van der Waals surface area (Å²) >= 11 is 0. The van der Waals surface area contributed by atoms with E-state index in [1.807, 2.05) is 29.2 Å². The molecule has 2 aromatic rings. The van der Waals surface area contributed by atoms with Gasteiger partial charge in [-0.1, -0.05) is 6.07 Å². The fourth-order valence-electron chi connectivity index (χ4n) is 5.33. The van der Waals surface area contributed by atoms with Gasteiger partial charge in [0, 0.05) is 37.0 Å². The molecular formula is C23H29N3O4. The Morgan fingerprint density at radius 3 is 2.73 bits per heavy atom. The van der Waals surface area contributed by atoms with Gasteiger partial charge in [-0.2, -0.15) is 0 Å². The predicted molar refractivity (Wildman–Crippen MR) is 113 cm³/mol. The second-order valence-electron chi connectivity index (χ2n) is 8.92. The van der Waals surface area contributed by atoms with Crippen LogP contribution in [0.3, 0.4) is 0 Å². The normalized spacial score (nSPS) is 24.0. The summed E-state index contributed by atoms with van der Waals surface area (Å²) in [6, 6.07) is 7.59. The molecule has 4 heterocycles. The molecule has 160 valence electrons. The van der Waals surface area contributed by atoms with Crippen molar-refractivity contribution in [2.75, 3.05) is 39.8 Å². The number of piperidine rings is 1. The van der Waals surface area contributed by atoms with E-state index < -0.39 is 5.41 Å². The Kier molecular flexibility index (Phi) is 4.93. The van der Waals surface area contributed by atoms with E-state index in [1.54, 1.807) is 7.11 Å². The van der Waals surface area contributed by atoms with Crippen LogP contribution in [0, 0.1) is 5.41 Å². The summed E-state index contributed by atoms with van der Waals surface area (Å²) in [6.07, 6.45) is 4.62. The molecule has 1 N–H and O–H groups in total. The second-order valence-corrected chi connectivity index (χ2v) is 8.92. The number of carbonyl (C=O) groups is 2. The molecule has 7 heteroatoms. The average Bonchev–Trinajstić information content (AvgIpc) is 3.48. The molecule has 0 saturated carbocycles. The Morgan fingerprint density at radius 1 is 1.23 bits per heavy atom. The van der Waals surface area contributed by atoms with Crippen LogP contribution in [-0.2, 0) is 9.53 Å². The first-order valence-corrected chi connectivity index (χ1v) is 11.0. The van der Waals surface area contributed by atoms with Crippen LogP contribution in [0.1, 0.15) is 42.6 Å². The van der Waals surface area contributed by atoms with E-state index in [9.17, 15) is 9.59 Å². The summed E-state index contributed by atoms with van der Waals surface area (Å²) in [5.41, 5.74) is 1.03. The fourth-order valence-corrected chi connectivity index (χ4v) is 5.33. The number of amides is 1. The van der Waals surface area contributed by atoms with Gasteiger partial charge in [0.1, 0.15) is 17.5 Å². The smallest absolute Gasteiger partial charge is 0.312 e. The number of ether oxygens (including phenoxy) is 2. The number of nitrogens with zero attached hydrogens (tertiary/aromatic N) is 2. The van der Waals surface area contributed by atoms with Crippen LogP contribution in [0.15, 0.2) is 24.3 Å². The molecule has 1 unspecified atom stereocenters. The van der Waals surface area contributed by atoms with Crippen LogP contribution in [-0.4, -0.2) is 72.6 Å². The minimum atomic E-state index is -0.412. The average molecular weight is 412 g/mol. The lowest BCUT2D eigenvalue weighted by atomic mass is 9.76. The zero-order valence-electron chi connectivity index (χ0n) is 17.5. The Hall–Kier alpha value is -2.54. The maximum absolute atomic E-state index is 13.1. The molecule has 1 atom stereocenters. The third-order valence-electron chi connectivity index (χ3n) is 7.07. The van der Waals surface area contributed by atoms with E-state index in [-0.39, 0.29) is 18.0 Å². The van der Waals surface area contributed by atoms with E-state index in [4.69, 9.17) is 9.47 Å². The van der Waals surface area contributed by atoms with Crippen molar-refractivity contribution in [3.05, 3.63) is 30.0 Å².